The second-order valence-corrected chi connectivity index (χ2v) is 5.36. The van der Waals surface area contributed by atoms with E-state index in [1.54, 1.807) is 14.1 Å². The highest BCUT2D eigenvalue weighted by Gasteiger charge is 2.15. The summed E-state index contributed by atoms with van der Waals surface area (Å²) in [6, 6.07) is 11.7. The van der Waals surface area contributed by atoms with Crippen molar-refractivity contribution in [2.75, 3.05) is 19.8 Å². The normalized spacial score (nSPS) is 11.6. The summed E-state index contributed by atoms with van der Waals surface area (Å²) in [5.74, 6) is 0. The van der Waals surface area contributed by atoms with Crippen LogP contribution in [0.4, 0.5) is 11.4 Å². The van der Waals surface area contributed by atoms with Crippen molar-refractivity contribution in [3.05, 3.63) is 52.7 Å². The number of benzene rings is 2. The number of nitrogens with zero attached hydrogens (tertiary/aromatic N) is 1. The lowest BCUT2D eigenvalue weighted by Gasteiger charge is -2.35. The molecule has 0 aliphatic heterocycles. The van der Waals surface area contributed by atoms with E-state index in [0.717, 1.165) is 33.6 Å². The van der Waals surface area contributed by atoms with Crippen molar-refractivity contribution >= 4 is 11.4 Å². The van der Waals surface area contributed by atoms with E-state index in [4.69, 9.17) is 5.73 Å². The van der Waals surface area contributed by atoms with E-state index in [1.165, 1.54) is 0 Å². The van der Waals surface area contributed by atoms with Crippen LogP contribution in [0.2, 0.25) is 0 Å². The summed E-state index contributed by atoms with van der Waals surface area (Å²) in [5.41, 5.74) is 11.7. The molecular formula is C16H20N2O. The molecule has 2 N–H and O–H groups in total. The molecule has 19 heavy (non-hydrogen) atoms. The van der Waals surface area contributed by atoms with E-state index >= 15 is 0 Å². The van der Waals surface area contributed by atoms with Crippen LogP contribution in [0, 0.1) is 19.1 Å². The Labute approximate surface area is 114 Å². The number of nitrogens with two attached hydrogens (primary N) is 1. The Morgan fingerprint density at radius 1 is 0.895 bits per heavy atom. The quantitative estimate of drug-likeness (QED) is 0.507. The lowest BCUT2D eigenvalue weighted by atomic mass is 9.95. The molecule has 3 heteroatoms. The number of hydrogen-bond donors (Lipinski definition) is 1. The smallest absolute Gasteiger partial charge is 0.135 e. The topological polar surface area (TPSA) is 49.1 Å². The third-order valence-corrected chi connectivity index (χ3v) is 3.56. The highest BCUT2D eigenvalue weighted by molar-refractivity contribution is 5.73. The molecule has 0 radical (unpaired) electrons. The van der Waals surface area contributed by atoms with E-state index in [9.17, 15) is 5.21 Å². The molecular weight excluding hydrogens is 236 g/mol. The minimum atomic E-state index is -0.408. The van der Waals surface area contributed by atoms with Crippen LogP contribution in [-0.2, 0) is 0 Å². The number of hydroxylamine groups is 2. The Hall–Kier alpha value is -1.84. The molecule has 0 fully saturated rings. The second-order valence-electron chi connectivity index (χ2n) is 5.36. The molecule has 100 valence electrons. The van der Waals surface area contributed by atoms with Crippen molar-refractivity contribution in [3.8, 4) is 11.1 Å². The van der Waals surface area contributed by atoms with Crippen LogP contribution in [0.1, 0.15) is 11.1 Å². The van der Waals surface area contributed by atoms with Crippen molar-refractivity contribution in [2.24, 2.45) is 0 Å². The van der Waals surface area contributed by atoms with E-state index in [2.05, 4.69) is 6.92 Å². The largest absolute Gasteiger partial charge is 0.628 e. The van der Waals surface area contributed by atoms with E-state index in [-0.39, 0.29) is 0 Å². The van der Waals surface area contributed by atoms with Crippen LogP contribution in [0.15, 0.2) is 36.4 Å². The predicted molar refractivity (Wildman–Crippen MR) is 82.8 cm³/mol. The molecule has 0 saturated heterocycles. The van der Waals surface area contributed by atoms with Gasteiger partial charge in [0.15, 0.2) is 0 Å². The summed E-state index contributed by atoms with van der Waals surface area (Å²) in [6.07, 6.45) is 0. The van der Waals surface area contributed by atoms with Gasteiger partial charge in [0.1, 0.15) is 5.69 Å². The summed E-state index contributed by atoms with van der Waals surface area (Å²) in [7, 11) is 3.29. The van der Waals surface area contributed by atoms with Crippen molar-refractivity contribution in [3.63, 3.8) is 0 Å². The third kappa shape index (κ3) is 2.62. The lowest BCUT2D eigenvalue weighted by Crippen LogP contribution is -2.33. The minimum Gasteiger partial charge on any atom is -0.628 e. The zero-order valence-corrected chi connectivity index (χ0v) is 11.9. The van der Waals surface area contributed by atoms with Gasteiger partial charge >= 0.3 is 0 Å². The maximum Gasteiger partial charge on any atom is 0.135 e. The molecule has 0 heterocycles. The standard InChI is InChI=1S/C16H20N2O/c1-11-12(2)16(18(3,4)19)10-9-15(11)13-5-7-14(17)8-6-13/h5-10H,17H2,1-4H3. The van der Waals surface area contributed by atoms with Crippen LogP contribution in [-0.4, -0.2) is 14.1 Å². The maximum absolute atomic E-state index is 12.1. The van der Waals surface area contributed by atoms with Crippen molar-refractivity contribution in [1.29, 1.82) is 0 Å². The summed E-state index contributed by atoms with van der Waals surface area (Å²) in [4.78, 5) is 0. The van der Waals surface area contributed by atoms with Gasteiger partial charge in [0.05, 0.1) is 14.1 Å². The van der Waals surface area contributed by atoms with Crippen LogP contribution in [0.25, 0.3) is 11.1 Å². The molecule has 3 nitrogen and oxygen atoms in total. The van der Waals surface area contributed by atoms with E-state index < -0.39 is 4.65 Å². The van der Waals surface area contributed by atoms with Gasteiger partial charge in [-0.15, -0.1) is 0 Å². The lowest BCUT2D eigenvalue weighted by molar-refractivity contribution is 0.540. The molecule has 0 aliphatic rings. The van der Waals surface area contributed by atoms with Gasteiger partial charge in [0, 0.05) is 17.3 Å². The van der Waals surface area contributed by atoms with E-state index in [0.29, 0.717) is 0 Å². The summed E-state index contributed by atoms with van der Waals surface area (Å²) in [5, 5.41) is 12.1. The van der Waals surface area contributed by atoms with Crippen molar-refractivity contribution in [1.82, 2.24) is 4.65 Å². The minimum absolute atomic E-state index is 0.408. The summed E-state index contributed by atoms with van der Waals surface area (Å²) < 4.78 is -0.408. The monoisotopic (exact) mass is 256 g/mol. The van der Waals surface area contributed by atoms with Crippen LogP contribution < -0.4 is 10.4 Å². The average Bonchev–Trinajstić information content (AvgIpc) is 2.32. The fourth-order valence-corrected chi connectivity index (χ4v) is 2.37. The maximum atomic E-state index is 12.1. The molecule has 0 atom stereocenters. The summed E-state index contributed by atoms with van der Waals surface area (Å²) >= 11 is 0. The van der Waals surface area contributed by atoms with Crippen LogP contribution >= 0.6 is 0 Å². The Morgan fingerprint density at radius 3 is 2.00 bits per heavy atom. The van der Waals surface area contributed by atoms with Crippen molar-refractivity contribution in [2.45, 2.75) is 13.8 Å². The molecule has 2 aromatic rings. The number of hydrogen-bond acceptors (Lipinski definition) is 2. The molecule has 0 aliphatic carbocycles. The molecule has 0 spiro atoms. The van der Waals surface area contributed by atoms with Gasteiger partial charge in [-0.25, -0.2) is 0 Å². The Balaban J connectivity index is 2.56. The Kier molecular flexibility index (Phi) is 3.35. The van der Waals surface area contributed by atoms with Crippen molar-refractivity contribution < 1.29 is 0 Å². The first-order valence-electron chi connectivity index (χ1n) is 6.32. The summed E-state index contributed by atoms with van der Waals surface area (Å²) in [6.45, 7) is 4.06. The van der Waals surface area contributed by atoms with E-state index in [1.807, 2.05) is 43.3 Å². The fourth-order valence-electron chi connectivity index (χ4n) is 2.37. The number of anilines is 1. The van der Waals surface area contributed by atoms with Gasteiger partial charge in [-0.2, -0.15) is 0 Å². The Morgan fingerprint density at radius 2 is 1.47 bits per heavy atom. The first kappa shape index (κ1) is 13.6. The zero-order valence-electron chi connectivity index (χ0n) is 11.9. The number of quaternary nitrogens is 1. The first-order chi connectivity index (χ1) is 8.80. The highest BCUT2D eigenvalue weighted by atomic mass is 16.5. The zero-order chi connectivity index (χ0) is 14.2. The van der Waals surface area contributed by atoms with Gasteiger partial charge in [0.25, 0.3) is 0 Å². The van der Waals surface area contributed by atoms with Crippen LogP contribution in [0.5, 0.6) is 0 Å². The predicted octanol–water partition coefficient (Wildman–Crippen LogP) is 3.62. The molecule has 0 unspecified atom stereocenters. The molecule has 0 amide bonds. The first-order valence-corrected chi connectivity index (χ1v) is 6.32. The van der Waals surface area contributed by atoms with Gasteiger partial charge in [-0.1, -0.05) is 12.1 Å². The van der Waals surface area contributed by atoms with Crippen LogP contribution in [0.3, 0.4) is 0 Å². The van der Waals surface area contributed by atoms with Gasteiger partial charge < -0.3 is 15.6 Å². The fraction of sp³-hybridized carbons (Fsp3) is 0.250. The molecule has 2 aromatic carbocycles. The molecule has 0 aromatic heterocycles. The average molecular weight is 256 g/mol. The van der Waals surface area contributed by atoms with Gasteiger partial charge in [-0.3, -0.25) is 0 Å². The molecule has 0 bridgehead atoms. The molecule has 0 saturated carbocycles. The number of nitrogen functional groups attached to an aromatic ring is 1. The third-order valence-electron chi connectivity index (χ3n) is 3.56. The Bertz CT molecular complexity index is 595. The SMILES string of the molecule is Cc1c(-c2ccc(N)cc2)ccc([N+](C)(C)[O-])c1C. The van der Waals surface area contributed by atoms with Gasteiger partial charge in [-0.05, 0) is 48.7 Å². The molecule has 2 rings (SSSR count). The van der Waals surface area contributed by atoms with Gasteiger partial charge in [0.2, 0.25) is 0 Å². The number of rotatable bonds is 2. The highest BCUT2D eigenvalue weighted by Crippen LogP contribution is 2.33. The second kappa shape index (κ2) is 4.68.